The molecule has 1 saturated heterocycles. The Balaban J connectivity index is 1.59. The number of halogens is 3. The van der Waals surface area contributed by atoms with Crippen molar-refractivity contribution in [1.82, 2.24) is 5.32 Å². The molecule has 41 heavy (non-hydrogen) atoms. The lowest BCUT2D eigenvalue weighted by atomic mass is 10.1. The van der Waals surface area contributed by atoms with E-state index >= 15 is 0 Å². The number of hydrogen-bond acceptors (Lipinski definition) is 6. The molecule has 0 spiro atoms. The molecular weight excluding hydrogens is 637 g/mol. The van der Waals surface area contributed by atoms with Crippen LogP contribution in [0.3, 0.4) is 0 Å². The van der Waals surface area contributed by atoms with E-state index < -0.39 is 23.8 Å². The summed E-state index contributed by atoms with van der Waals surface area (Å²) >= 11 is 15.6. The summed E-state index contributed by atoms with van der Waals surface area (Å²) < 4.78 is 11.9. The number of imide groups is 2. The van der Waals surface area contributed by atoms with Crippen molar-refractivity contribution in [3.63, 3.8) is 0 Å². The predicted octanol–water partition coefficient (Wildman–Crippen LogP) is 6.46. The fourth-order valence-corrected chi connectivity index (χ4v) is 4.87. The van der Waals surface area contributed by atoms with Crippen LogP contribution in [0.15, 0.2) is 58.6 Å². The van der Waals surface area contributed by atoms with Gasteiger partial charge in [0.05, 0.1) is 16.8 Å². The number of rotatable bonds is 8. The van der Waals surface area contributed by atoms with Crippen LogP contribution in [-0.4, -0.2) is 37.0 Å². The van der Waals surface area contributed by atoms with Gasteiger partial charge in [0.15, 0.2) is 18.1 Å². The Morgan fingerprint density at radius 2 is 1.76 bits per heavy atom. The molecule has 1 aliphatic heterocycles. The molecule has 1 aliphatic rings. The van der Waals surface area contributed by atoms with Gasteiger partial charge in [-0.2, -0.15) is 0 Å². The molecule has 3 aromatic carbocycles. The van der Waals surface area contributed by atoms with Gasteiger partial charge in [-0.05, 0) is 95.9 Å². The minimum absolute atomic E-state index is 0.247. The fourth-order valence-electron chi connectivity index (χ4n) is 3.95. The third-order valence-electron chi connectivity index (χ3n) is 5.96. The quantitative estimate of drug-likeness (QED) is 0.212. The largest absolute Gasteiger partial charge is 0.490 e. The molecule has 2 N–H and O–H groups in total. The number of nitrogens with one attached hydrogen (secondary N) is 2. The van der Waals surface area contributed by atoms with Gasteiger partial charge in [0, 0.05) is 15.7 Å². The third kappa shape index (κ3) is 6.90. The molecule has 5 amide bonds. The number of carbonyl (C=O) groups excluding carboxylic acids is 4. The van der Waals surface area contributed by atoms with Crippen molar-refractivity contribution in [3.8, 4) is 11.5 Å². The van der Waals surface area contributed by atoms with E-state index in [-0.39, 0.29) is 36.0 Å². The number of carbonyl (C=O) groups is 4. The maximum absolute atomic E-state index is 13.4. The number of aryl methyl sites for hydroxylation is 2. The Morgan fingerprint density at radius 3 is 2.46 bits per heavy atom. The number of benzene rings is 3. The Bertz CT molecular complexity index is 1610. The van der Waals surface area contributed by atoms with E-state index in [1.807, 2.05) is 6.92 Å². The number of urea groups is 1. The van der Waals surface area contributed by atoms with Crippen molar-refractivity contribution < 1.29 is 28.7 Å². The smallest absolute Gasteiger partial charge is 0.335 e. The highest BCUT2D eigenvalue weighted by atomic mass is 79.9. The highest BCUT2D eigenvalue weighted by Crippen LogP contribution is 2.38. The first-order chi connectivity index (χ1) is 19.5. The SMILES string of the molecule is CCOc1cc(/C=C2\C(=O)NC(=O)N(c3cc(Cl)ccc3C)C2=O)cc(Br)c1OCC(=O)Nc1ccc(C)c(Cl)c1. The molecule has 0 unspecified atom stereocenters. The number of hydrogen-bond donors (Lipinski definition) is 2. The second-order valence-corrected chi connectivity index (χ2v) is 10.7. The molecule has 0 atom stereocenters. The number of anilines is 2. The Kier molecular flexibility index (Phi) is 9.37. The van der Waals surface area contributed by atoms with E-state index in [0.717, 1.165) is 10.5 Å². The average Bonchev–Trinajstić information content (AvgIpc) is 2.90. The molecule has 0 bridgehead atoms. The fraction of sp³-hybridized carbons (Fsp3) is 0.172. The van der Waals surface area contributed by atoms with Crippen molar-refractivity contribution in [3.05, 3.63) is 85.3 Å². The van der Waals surface area contributed by atoms with Crippen LogP contribution in [0.4, 0.5) is 16.2 Å². The van der Waals surface area contributed by atoms with Gasteiger partial charge in [-0.1, -0.05) is 35.3 Å². The minimum atomic E-state index is -0.881. The van der Waals surface area contributed by atoms with Gasteiger partial charge in [0.2, 0.25) is 0 Å². The molecule has 4 rings (SSSR count). The number of ether oxygens (including phenoxy) is 2. The molecule has 9 nitrogen and oxygen atoms in total. The zero-order valence-corrected chi connectivity index (χ0v) is 25.2. The van der Waals surface area contributed by atoms with Crippen LogP contribution in [0.5, 0.6) is 11.5 Å². The highest BCUT2D eigenvalue weighted by molar-refractivity contribution is 9.10. The van der Waals surface area contributed by atoms with Crippen LogP contribution in [0.1, 0.15) is 23.6 Å². The van der Waals surface area contributed by atoms with Gasteiger partial charge in [0.1, 0.15) is 5.57 Å². The zero-order chi connectivity index (χ0) is 29.8. The Labute approximate surface area is 254 Å². The molecule has 1 fully saturated rings. The van der Waals surface area contributed by atoms with Crippen LogP contribution in [0.2, 0.25) is 10.0 Å². The van der Waals surface area contributed by atoms with E-state index in [1.165, 1.54) is 12.1 Å². The predicted molar refractivity (Wildman–Crippen MR) is 161 cm³/mol. The summed E-state index contributed by atoms with van der Waals surface area (Å²) in [6.45, 7) is 5.28. The molecule has 0 saturated carbocycles. The standard InChI is InChI=1S/C29H24BrCl2N3O6/c1-4-40-24-11-17(10-21(30)26(24)41-14-25(36)33-19-8-6-15(2)22(32)13-19)9-20-27(37)34-29(39)35(28(20)38)23-12-18(31)7-5-16(23)3/h5-13H,4,14H2,1-3H3,(H,33,36)(H,34,37,39)/b20-9+. The van der Waals surface area contributed by atoms with E-state index in [0.29, 0.717) is 31.3 Å². The van der Waals surface area contributed by atoms with Crippen molar-refractivity contribution in [1.29, 1.82) is 0 Å². The molecule has 0 aromatic heterocycles. The van der Waals surface area contributed by atoms with Gasteiger partial charge in [0.25, 0.3) is 17.7 Å². The van der Waals surface area contributed by atoms with Gasteiger partial charge in [-0.25, -0.2) is 9.69 Å². The topological polar surface area (TPSA) is 114 Å². The molecule has 12 heteroatoms. The number of barbiturate groups is 1. The monoisotopic (exact) mass is 659 g/mol. The third-order valence-corrected chi connectivity index (χ3v) is 7.19. The molecule has 0 aliphatic carbocycles. The van der Waals surface area contributed by atoms with Crippen molar-refractivity contribution in [2.75, 3.05) is 23.4 Å². The summed E-state index contributed by atoms with van der Waals surface area (Å²) in [5, 5.41) is 5.76. The highest BCUT2D eigenvalue weighted by Gasteiger charge is 2.37. The second kappa shape index (κ2) is 12.8. The maximum Gasteiger partial charge on any atom is 0.335 e. The molecule has 212 valence electrons. The summed E-state index contributed by atoms with van der Waals surface area (Å²) in [6.07, 6.45) is 1.34. The van der Waals surface area contributed by atoms with E-state index in [1.54, 1.807) is 56.3 Å². The summed E-state index contributed by atoms with van der Waals surface area (Å²) in [7, 11) is 0. The summed E-state index contributed by atoms with van der Waals surface area (Å²) in [6, 6.07) is 12.2. The van der Waals surface area contributed by atoms with Crippen LogP contribution >= 0.6 is 39.1 Å². The second-order valence-electron chi connectivity index (χ2n) is 8.95. The van der Waals surface area contributed by atoms with Gasteiger partial charge in [-0.15, -0.1) is 0 Å². The van der Waals surface area contributed by atoms with Crippen LogP contribution in [0, 0.1) is 13.8 Å². The molecule has 3 aromatic rings. The lowest BCUT2D eigenvalue weighted by molar-refractivity contribution is -0.122. The van der Waals surface area contributed by atoms with Gasteiger partial charge < -0.3 is 14.8 Å². The molecule has 0 radical (unpaired) electrons. The van der Waals surface area contributed by atoms with Gasteiger partial charge in [-0.3, -0.25) is 19.7 Å². The maximum atomic E-state index is 13.4. The Hall–Kier alpha value is -3.86. The lowest BCUT2D eigenvalue weighted by Crippen LogP contribution is -2.54. The van der Waals surface area contributed by atoms with Crippen LogP contribution in [0.25, 0.3) is 6.08 Å². The molecule has 1 heterocycles. The normalized spacial score (nSPS) is 14.2. The summed E-state index contributed by atoms with van der Waals surface area (Å²) in [4.78, 5) is 52.0. The van der Waals surface area contributed by atoms with Crippen molar-refractivity contribution >= 4 is 80.3 Å². The molecular formula is C29H24BrCl2N3O6. The summed E-state index contributed by atoms with van der Waals surface area (Å²) in [5.74, 6) is -1.57. The first kappa shape index (κ1) is 30.1. The van der Waals surface area contributed by atoms with E-state index in [2.05, 4.69) is 26.6 Å². The first-order valence-corrected chi connectivity index (χ1v) is 13.9. The lowest BCUT2D eigenvalue weighted by Gasteiger charge is -2.27. The van der Waals surface area contributed by atoms with E-state index in [9.17, 15) is 19.2 Å². The zero-order valence-electron chi connectivity index (χ0n) is 22.1. The minimum Gasteiger partial charge on any atom is -0.490 e. The van der Waals surface area contributed by atoms with Crippen LogP contribution < -0.4 is 25.0 Å². The van der Waals surface area contributed by atoms with E-state index in [4.69, 9.17) is 32.7 Å². The Morgan fingerprint density at radius 1 is 1.02 bits per heavy atom. The number of nitrogens with zero attached hydrogens (tertiary/aromatic N) is 1. The first-order valence-electron chi connectivity index (χ1n) is 12.3. The number of amides is 5. The van der Waals surface area contributed by atoms with Crippen molar-refractivity contribution in [2.24, 2.45) is 0 Å². The van der Waals surface area contributed by atoms with Crippen molar-refractivity contribution in [2.45, 2.75) is 20.8 Å². The van der Waals surface area contributed by atoms with Crippen LogP contribution in [-0.2, 0) is 14.4 Å². The van der Waals surface area contributed by atoms with Gasteiger partial charge >= 0.3 is 6.03 Å². The summed E-state index contributed by atoms with van der Waals surface area (Å²) in [5.41, 5.74) is 2.41. The average molecular weight is 661 g/mol.